The van der Waals surface area contributed by atoms with Crippen LogP contribution in [0.1, 0.15) is 66.0 Å². The van der Waals surface area contributed by atoms with Gasteiger partial charge in [0.2, 0.25) is 0 Å². The molecule has 0 unspecified atom stereocenters. The summed E-state index contributed by atoms with van der Waals surface area (Å²) in [4.78, 5) is 29.9. The molecule has 2 heterocycles. The minimum atomic E-state index is -0.282. The van der Waals surface area contributed by atoms with Crippen LogP contribution in [-0.4, -0.2) is 41.6 Å². The first-order valence-corrected chi connectivity index (χ1v) is 10.1. The summed E-state index contributed by atoms with van der Waals surface area (Å²) in [6.07, 6.45) is 2.69. The predicted octanol–water partition coefficient (Wildman–Crippen LogP) is 3.15. The number of carbonyl (C=O) groups is 2. The predicted molar refractivity (Wildman–Crippen MR) is 112 cm³/mol. The zero-order chi connectivity index (χ0) is 21.0. The average molecular weight is 399 g/mol. The van der Waals surface area contributed by atoms with Crippen molar-refractivity contribution in [2.45, 2.75) is 52.0 Å². The normalized spacial score (nSPS) is 13.7. The van der Waals surface area contributed by atoms with E-state index in [1.54, 1.807) is 7.11 Å². The first-order chi connectivity index (χ1) is 13.8. The van der Waals surface area contributed by atoms with Gasteiger partial charge in [0.1, 0.15) is 0 Å². The van der Waals surface area contributed by atoms with E-state index in [1.807, 2.05) is 28.8 Å². The molecular formula is C22H30N4O3. The van der Waals surface area contributed by atoms with Gasteiger partial charge in [-0.05, 0) is 42.4 Å². The van der Waals surface area contributed by atoms with Gasteiger partial charge in [-0.1, -0.05) is 32.9 Å². The zero-order valence-electron chi connectivity index (χ0n) is 17.7. The Morgan fingerprint density at radius 3 is 2.52 bits per heavy atom. The number of benzene rings is 1. The van der Waals surface area contributed by atoms with Gasteiger partial charge in [0.25, 0.3) is 11.8 Å². The molecule has 0 atom stereocenters. The third kappa shape index (κ3) is 4.85. The van der Waals surface area contributed by atoms with Crippen molar-refractivity contribution in [1.29, 1.82) is 0 Å². The molecule has 7 heteroatoms. The molecule has 0 saturated carbocycles. The topological polar surface area (TPSA) is 85.2 Å². The largest absolute Gasteiger partial charge is 0.383 e. The average Bonchev–Trinajstić information content (AvgIpc) is 3.08. The van der Waals surface area contributed by atoms with Crippen LogP contribution in [0, 0.1) is 0 Å². The second kappa shape index (κ2) is 8.78. The minimum absolute atomic E-state index is 0.0521. The number of hydrogen-bond acceptors (Lipinski definition) is 4. The fourth-order valence-corrected chi connectivity index (χ4v) is 3.49. The summed E-state index contributed by atoms with van der Waals surface area (Å²) in [5.74, 6) is -0.266. The molecule has 2 amide bonds. The summed E-state index contributed by atoms with van der Waals surface area (Å²) in [5, 5.41) is 5.72. The van der Waals surface area contributed by atoms with Gasteiger partial charge < -0.3 is 19.9 Å². The molecule has 0 saturated heterocycles. The molecular weight excluding hydrogens is 368 g/mol. The lowest BCUT2D eigenvalue weighted by molar-refractivity contribution is 0.0921. The lowest BCUT2D eigenvalue weighted by atomic mass is 9.87. The van der Waals surface area contributed by atoms with Crippen molar-refractivity contribution in [2.75, 3.05) is 25.6 Å². The van der Waals surface area contributed by atoms with Crippen LogP contribution in [0.25, 0.3) is 0 Å². The quantitative estimate of drug-likeness (QED) is 0.732. The number of nitrogens with one attached hydrogen (secondary N) is 2. The summed E-state index contributed by atoms with van der Waals surface area (Å²) < 4.78 is 6.85. The van der Waals surface area contributed by atoms with Crippen LogP contribution in [-0.2, 0) is 23.1 Å². The van der Waals surface area contributed by atoms with Crippen LogP contribution in [0.15, 0.2) is 24.3 Å². The fraction of sp³-hybridized carbons (Fsp3) is 0.500. The van der Waals surface area contributed by atoms with Crippen molar-refractivity contribution >= 4 is 17.5 Å². The summed E-state index contributed by atoms with van der Waals surface area (Å²) >= 11 is 0. The van der Waals surface area contributed by atoms with Gasteiger partial charge in [0, 0.05) is 25.9 Å². The maximum atomic E-state index is 12.9. The number of imidazole rings is 1. The first-order valence-electron chi connectivity index (χ1n) is 10.1. The van der Waals surface area contributed by atoms with Gasteiger partial charge >= 0.3 is 0 Å². The Morgan fingerprint density at radius 2 is 1.86 bits per heavy atom. The number of rotatable bonds is 6. The van der Waals surface area contributed by atoms with E-state index in [0.29, 0.717) is 36.9 Å². The van der Waals surface area contributed by atoms with E-state index < -0.39 is 0 Å². The van der Waals surface area contributed by atoms with E-state index in [-0.39, 0.29) is 17.2 Å². The highest BCUT2D eigenvalue weighted by atomic mass is 16.5. The molecule has 2 aromatic rings. The Balaban J connectivity index is 1.80. The number of methoxy groups -OCH3 is 1. The minimum Gasteiger partial charge on any atom is -0.383 e. The van der Waals surface area contributed by atoms with Crippen molar-refractivity contribution in [3.8, 4) is 0 Å². The van der Waals surface area contributed by atoms with Crippen LogP contribution in [0.5, 0.6) is 0 Å². The smallest absolute Gasteiger partial charge is 0.287 e. The van der Waals surface area contributed by atoms with E-state index in [0.717, 1.165) is 25.0 Å². The molecule has 0 spiro atoms. The Hall–Kier alpha value is -2.67. The fourth-order valence-electron chi connectivity index (χ4n) is 3.49. The highest BCUT2D eigenvalue weighted by Crippen LogP contribution is 2.25. The molecule has 7 nitrogen and oxygen atoms in total. The standard InChI is InChI=1S/C22H30N4O3/c1-22(2,3)15-8-10-16(11-9-15)24-20(27)18-17-7-5-6-13-26(17)19(25-18)21(28)23-12-14-29-4/h8-11H,5-7,12-14H2,1-4H3,(H,23,28)(H,24,27). The first kappa shape index (κ1) is 21.0. The van der Waals surface area contributed by atoms with Crippen LogP contribution in [0.2, 0.25) is 0 Å². The van der Waals surface area contributed by atoms with E-state index >= 15 is 0 Å². The summed E-state index contributed by atoms with van der Waals surface area (Å²) in [5.41, 5.74) is 3.13. The molecule has 0 fully saturated rings. The van der Waals surface area contributed by atoms with Gasteiger partial charge in [0.15, 0.2) is 11.5 Å². The summed E-state index contributed by atoms with van der Waals surface area (Å²) in [6, 6.07) is 7.85. The van der Waals surface area contributed by atoms with Gasteiger partial charge in [-0.3, -0.25) is 9.59 Å². The van der Waals surface area contributed by atoms with Crippen molar-refractivity contribution in [1.82, 2.24) is 14.9 Å². The summed E-state index contributed by atoms with van der Waals surface area (Å²) in [7, 11) is 1.58. The molecule has 29 heavy (non-hydrogen) atoms. The van der Waals surface area contributed by atoms with Crippen molar-refractivity contribution in [2.24, 2.45) is 0 Å². The monoisotopic (exact) mass is 398 g/mol. The van der Waals surface area contributed by atoms with E-state index in [1.165, 1.54) is 5.56 Å². The second-order valence-electron chi connectivity index (χ2n) is 8.37. The Morgan fingerprint density at radius 1 is 1.14 bits per heavy atom. The van der Waals surface area contributed by atoms with Crippen molar-refractivity contribution in [3.05, 3.63) is 47.0 Å². The van der Waals surface area contributed by atoms with Gasteiger partial charge in [-0.2, -0.15) is 0 Å². The van der Waals surface area contributed by atoms with E-state index in [4.69, 9.17) is 4.74 Å². The molecule has 2 N–H and O–H groups in total. The number of hydrogen-bond donors (Lipinski definition) is 2. The number of nitrogens with zero attached hydrogens (tertiary/aromatic N) is 2. The number of anilines is 1. The molecule has 1 aromatic heterocycles. The third-order valence-electron chi connectivity index (χ3n) is 5.14. The molecule has 1 aliphatic rings. The van der Waals surface area contributed by atoms with Gasteiger partial charge in [-0.15, -0.1) is 0 Å². The molecule has 1 aliphatic heterocycles. The SMILES string of the molecule is COCCNC(=O)c1nc(C(=O)Nc2ccc(C(C)(C)C)cc2)c2n1CCCC2. The summed E-state index contributed by atoms with van der Waals surface area (Å²) in [6.45, 7) is 7.98. The number of ether oxygens (including phenoxy) is 1. The van der Waals surface area contributed by atoms with Crippen molar-refractivity contribution < 1.29 is 14.3 Å². The highest BCUT2D eigenvalue weighted by Gasteiger charge is 2.27. The van der Waals surface area contributed by atoms with Gasteiger partial charge in [0.05, 0.1) is 12.3 Å². The third-order valence-corrected chi connectivity index (χ3v) is 5.14. The molecule has 0 aliphatic carbocycles. The molecule has 0 radical (unpaired) electrons. The maximum Gasteiger partial charge on any atom is 0.287 e. The van der Waals surface area contributed by atoms with E-state index in [2.05, 4.69) is 36.4 Å². The molecule has 0 bridgehead atoms. The number of aromatic nitrogens is 2. The van der Waals surface area contributed by atoms with Gasteiger partial charge in [-0.25, -0.2) is 4.98 Å². The molecule has 156 valence electrons. The highest BCUT2D eigenvalue weighted by molar-refractivity contribution is 6.05. The second-order valence-corrected chi connectivity index (χ2v) is 8.37. The lowest BCUT2D eigenvalue weighted by Gasteiger charge is -2.19. The maximum absolute atomic E-state index is 12.9. The Kier molecular flexibility index (Phi) is 6.37. The molecule has 1 aromatic carbocycles. The zero-order valence-corrected chi connectivity index (χ0v) is 17.7. The van der Waals surface area contributed by atoms with Crippen LogP contribution < -0.4 is 10.6 Å². The van der Waals surface area contributed by atoms with Crippen LogP contribution in [0.4, 0.5) is 5.69 Å². The number of amides is 2. The molecule has 3 rings (SSSR count). The van der Waals surface area contributed by atoms with Crippen LogP contribution in [0.3, 0.4) is 0 Å². The number of carbonyl (C=O) groups excluding carboxylic acids is 2. The number of fused-ring (bicyclic) bond motifs is 1. The Bertz CT molecular complexity index is 879. The lowest BCUT2D eigenvalue weighted by Crippen LogP contribution is -2.30. The van der Waals surface area contributed by atoms with Crippen molar-refractivity contribution in [3.63, 3.8) is 0 Å². The van der Waals surface area contributed by atoms with Crippen LogP contribution >= 0.6 is 0 Å². The van der Waals surface area contributed by atoms with E-state index in [9.17, 15) is 9.59 Å². The Labute approximate surface area is 171 Å².